The zero-order chi connectivity index (χ0) is 13.2. The summed E-state index contributed by atoms with van der Waals surface area (Å²) in [6, 6.07) is 5.05. The second kappa shape index (κ2) is 5.11. The second-order valence-electron chi connectivity index (χ2n) is 4.69. The van der Waals surface area contributed by atoms with Crippen molar-refractivity contribution in [3.8, 4) is 5.69 Å². The average Bonchev–Trinajstić information content (AvgIpc) is 2.92. The highest BCUT2D eigenvalue weighted by molar-refractivity contribution is 5.38. The van der Waals surface area contributed by atoms with E-state index in [2.05, 4.69) is 10.3 Å². The molecule has 1 aliphatic rings. The van der Waals surface area contributed by atoms with Crippen LogP contribution in [-0.4, -0.2) is 29.2 Å². The van der Waals surface area contributed by atoms with Crippen LogP contribution in [0.1, 0.15) is 17.4 Å². The Morgan fingerprint density at radius 1 is 1.47 bits per heavy atom. The Bertz CT molecular complexity index is 576. The largest absolute Gasteiger partial charge is 0.369 e. The first-order valence-corrected chi connectivity index (χ1v) is 6.37. The minimum Gasteiger partial charge on any atom is -0.369 e. The lowest BCUT2D eigenvalue weighted by atomic mass is 10.2. The Morgan fingerprint density at radius 3 is 3.11 bits per heavy atom. The lowest BCUT2D eigenvalue weighted by molar-refractivity contribution is 0.0240. The molecule has 1 aromatic carbocycles. The fourth-order valence-corrected chi connectivity index (χ4v) is 2.29. The molecule has 0 aliphatic carbocycles. The first-order chi connectivity index (χ1) is 9.25. The number of halogens is 1. The highest BCUT2D eigenvalue weighted by Crippen LogP contribution is 2.22. The number of morpholine rings is 1. The van der Waals surface area contributed by atoms with Gasteiger partial charge in [-0.25, -0.2) is 9.37 Å². The number of nitrogens with zero attached hydrogens (tertiary/aromatic N) is 2. The third-order valence-corrected chi connectivity index (χ3v) is 3.34. The molecule has 0 amide bonds. The normalized spacial score (nSPS) is 19.6. The van der Waals surface area contributed by atoms with Gasteiger partial charge in [-0.1, -0.05) is 0 Å². The van der Waals surface area contributed by atoms with Gasteiger partial charge in [0, 0.05) is 18.8 Å². The maximum atomic E-state index is 13.3. The van der Waals surface area contributed by atoms with Crippen molar-refractivity contribution in [1.82, 2.24) is 14.9 Å². The molecule has 1 N–H and O–H groups in total. The van der Waals surface area contributed by atoms with Crippen molar-refractivity contribution in [2.75, 3.05) is 19.7 Å². The Labute approximate surface area is 111 Å². The number of aryl methyl sites for hydroxylation is 1. The molecular weight excluding hydrogens is 245 g/mol. The van der Waals surface area contributed by atoms with Crippen LogP contribution in [0.15, 0.2) is 30.7 Å². The molecular formula is C14H16FN3O. The summed E-state index contributed by atoms with van der Waals surface area (Å²) in [5.41, 5.74) is 2.51. The van der Waals surface area contributed by atoms with Crippen LogP contribution in [0.3, 0.4) is 0 Å². The molecule has 0 bridgehead atoms. The number of ether oxygens (including phenoxy) is 1. The van der Waals surface area contributed by atoms with Gasteiger partial charge in [0.25, 0.3) is 0 Å². The Hall–Kier alpha value is -1.72. The van der Waals surface area contributed by atoms with Gasteiger partial charge in [-0.05, 0) is 30.7 Å². The quantitative estimate of drug-likeness (QED) is 0.898. The molecule has 1 aliphatic heterocycles. The first-order valence-electron chi connectivity index (χ1n) is 6.37. The van der Waals surface area contributed by atoms with Crippen LogP contribution < -0.4 is 5.32 Å². The van der Waals surface area contributed by atoms with Gasteiger partial charge in [0.05, 0.1) is 24.8 Å². The predicted molar refractivity (Wildman–Crippen MR) is 69.8 cm³/mol. The van der Waals surface area contributed by atoms with Crippen molar-refractivity contribution in [2.45, 2.75) is 13.0 Å². The zero-order valence-electron chi connectivity index (χ0n) is 10.8. The number of hydrogen-bond acceptors (Lipinski definition) is 3. The molecule has 1 aromatic heterocycles. The third kappa shape index (κ3) is 2.39. The minimum atomic E-state index is -0.194. The maximum absolute atomic E-state index is 13.3. The van der Waals surface area contributed by atoms with Crippen molar-refractivity contribution < 1.29 is 9.13 Å². The molecule has 4 nitrogen and oxygen atoms in total. The molecule has 1 fully saturated rings. The molecule has 19 heavy (non-hydrogen) atoms. The van der Waals surface area contributed by atoms with Crippen LogP contribution in [0.4, 0.5) is 4.39 Å². The van der Waals surface area contributed by atoms with E-state index in [-0.39, 0.29) is 11.9 Å². The van der Waals surface area contributed by atoms with Crippen LogP contribution >= 0.6 is 0 Å². The van der Waals surface area contributed by atoms with Crippen molar-refractivity contribution >= 4 is 0 Å². The van der Waals surface area contributed by atoms with E-state index < -0.39 is 0 Å². The summed E-state index contributed by atoms with van der Waals surface area (Å²) in [6.07, 6.45) is 3.53. The molecule has 2 aromatic rings. The maximum Gasteiger partial charge on any atom is 0.126 e. The summed E-state index contributed by atoms with van der Waals surface area (Å²) in [4.78, 5) is 4.19. The molecule has 0 spiro atoms. The molecule has 1 unspecified atom stereocenters. The number of aromatic nitrogens is 2. The molecule has 0 saturated carbocycles. The number of benzene rings is 1. The molecule has 1 saturated heterocycles. The molecule has 2 heterocycles. The topological polar surface area (TPSA) is 39.1 Å². The highest BCUT2D eigenvalue weighted by Gasteiger charge is 2.20. The van der Waals surface area contributed by atoms with Gasteiger partial charge in [-0.15, -0.1) is 0 Å². The fourth-order valence-electron chi connectivity index (χ4n) is 2.29. The van der Waals surface area contributed by atoms with Crippen molar-refractivity contribution in [3.05, 3.63) is 47.8 Å². The number of hydrogen-bond donors (Lipinski definition) is 1. The number of nitrogens with one attached hydrogen (secondary N) is 1. The minimum absolute atomic E-state index is 0.0124. The third-order valence-electron chi connectivity index (χ3n) is 3.34. The molecule has 1 atom stereocenters. The average molecular weight is 261 g/mol. The van der Waals surface area contributed by atoms with Crippen LogP contribution in [0.25, 0.3) is 5.69 Å². The molecule has 3 rings (SSSR count). The van der Waals surface area contributed by atoms with E-state index in [0.717, 1.165) is 24.5 Å². The summed E-state index contributed by atoms with van der Waals surface area (Å²) in [5, 5.41) is 3.30. The van der Waals surface area contributed by atoms with Gasteiger partial charge in [0.15, 0.2) is 0 Å². The monoisotopic (exact) mass is 261 g/mol. The summed E-state index contributed by atoms with van der Waals surface area (Å²) >= 11 is 0. The van der Waals surface area contributed by atoms with E-state index in [1.807, 2.05) is 10.6 Å². The molecule has 100 valence electrons. The van der Waals surface area contributed by atoms with Crippen LogP contribution in [0, 0.1) is 12.7 Å². The van der Waals surface area contributed by atoms with E-state index in [4.69, 9.17) is 4.74 Å². The van der Waals surface area contributed by atoms with Crippen molar-refractivity contribution in [1.29, 1.82) is 0 Å². The SMILES string of the molecule is Cc1cc(-n2cncc2C2CNCCO2)ccc1F. The molecule has 5 heteroatoms. The highest BCUT2D eigenvalue weighted by atomic mass is 19.1. The van der Waals surface area contributed by atoms with Gasteiger partial charge in [0.2, 0.25) is 0 Å². The second-order valence-corrected chi connectivity index (χ2v) is 4.69. The lowest BCUT2D eigenvalue weighted by Crippen LogP contribution is -2.34. The standard InChI is InChI=1S/C14H16FN3O/c1-10-6-11(2-3-12(10)15)18-9-17-7-13(18)14-8-16-4-5-19-14/h2-3,6-7,9,14,16H,4-5,8H2,1H3. The van der Waals surface area contributed by atoms with Crippen LogP contribution in [0.2, 0.25) is 0 Å². The van der Waals surface area contributed by atoms with Gasteiger partial charge in [-0.3, -0.25) is 0 Å². The number of rotatable bonds is 2. The van der Waals surface area contributed by atoms with Crippen molar-refractivity contribution in [3.63, 3.8) is 0 Å². The van der Waals surface area contributed by atoms with E-state index in [1.54, 1.807) is 25.5 Å². The van der Waals surface area contributed by atoms with Crippen LogP contribution in [0.5, 0.6) is 0 Å². The van der Waals surface area contributed by atoms with E-state index >= 15 is 0 Å². The first kappa shape index (κ1) is 12.3. The van der Waals surface area contributed by atoms with Gasteiger partial charge >= 0.3 is 0 Å². The Balaban J connectivity index is 1.96. The van der Waals surface area contributed by atoms with E-state index in [1.165, 1.54) is 6.07 Å². The van der Waals surface area contributed by atoms with Gasteiger partial charge < -0.3 is 14.6 Å². The lowest BCUT2D eigenvalue weighted by Gasteiger charge is -2.24. The smallest absolute Gasteiger partial charge is 0.126 e. The summed E-state index contributed by atoms with van der Waals surface area (Å²) < 4.78 is 21.0. The summed E-state index contributed by atoms with van der Waals surface area (Å²) in [5.74, 6) is -0.194. The predicted octanol–water partition coefficient (Wildman–Crippen LogP) is 1.98. The van der Waals surface area contributed by atoms with E-state index in [9.17, 15) is 4.39 Å². The zero-order valence-corrected chi connectivity index (χ0v) is 10.8. The fraction of sp³-hybridized carbons (Fsp3) is 0.357. The van der Waals surface area contributed by atoms with E-state index in [0.29, 0.717) is 12.2 Å². The van der Waals surface area contributed by atoms with Crippen LogP contribution in [-0.2, 0) is 4.74 Å². The van der Waals surface area contributed by atoms with Gasteiger partial charge in [-0.2, -0.15) is 0 Å². The van der Waals surface area contributed by atoms with Crippen molar-refractivity contribution in [2.24, 2.45) is 0 Å². The Kier molecular flexibility index (Phi) is 3.31. The molecule has 0 radical (unpaired) electrons. The Morgan fingerprint density at radius 2 is 2.37 bits per heavy atom. The number of imidazole rings is 1. The van der Waals surface area contributed by atoms with Gasteiger partial charge in [0.1, 0.15) is 11.9 Å². The summed E-state index contributed by atoms with van der Waals surface area (Å²) in [6.45, 7) is 4.10. The summed E-state index contributed by atoms with van der Waals surface area (Å²) in [7, 11) is 0.